The fraction of sp³-hybridized carbons (Fsp3) is 0.225. The molecule has 3 aromatic carbocycles. The Kier molecular flexibility index (Phi) is 9.20. The lowest BCUT2D eigenvalue weighted by molar-refractivity contribution is -0.118. The second-order valence-corrected chi connectivity index (χ2v) is 13.2. The van der Waals surface area contributed by atoms with Gasteiger partial charge in [-0.3, -0.25) is 29.4 Å². The number of hydrogen-bond donors (Lipinski definition) is 3. The van der Waals surface area contributed by atoms with Gasteiger partial charge in [0.2, 0.25) is 11.9 Å². The van der Waals surface area contributed by atoms with E-state index in [2.05, 4.69) is 30.9 Å². The fourth-order valence-corrected chi connectivity index (χ4v) is 6.31. The predicted molar refractivity (Wildman–Crippen MR) is 204 cm³/mol. The summed E-state index contributed by atoms with van der Waals surface area (Å²) in [4.78, 5) is 62.3. The molecule has 2 aliphatic heterocycles. The quantitative estimate of drug-likeness (QED) is 0.155. The maximum Gasteiger partial charge on any atom is 0.330 e. The van der Waals surface area contributed by atoms with Crippen LogP contribution in [0, 0.1) is 19.8 Å². The molecule has 0 saturated heterocycles. The van der Waals surface area contributed by atoms with Crippen molar-refractivity contribution in [2.75, 3.05) is 32.8 Å². The number of hydrogen-bond acceptors (Lipinski definition) is 8. The third kappa shape index (κ3) is 6.70. The average Bonchev–Trinajstić information content (AvgIpc) is 3.30. The Hall–Kier alpha value is -6.43. The van der Waals surface area contributed by atoms with Crippen molar-refractivity contribution in [1.82, 2.24) is 15.0 Å². The van der Waals surface area contributed by atoms with Crippen LogP contribution in [0.4, 0.5) is 39.3 Å². The SMILES string of the molecule is CCC(C)C1N=C(c2ccccc2)c2ccc(C(=O)Nc3ccc(C)c(N4Cc5cnc(Nc6ccc(C)nc6)nc5N(C)C4=O)c3)cc2NC1=O. The van der Waals surface area contributed by atoms with Crippen molar-refractivity contribution < 1.29 is 14.4 Å². The number of amides is 4. The van der Waals surface area contributed by atoms with Gasteiger partial charge < -0.3 is 16.0 Å². The van der Waals surface area contributed by atoms with Crippen molar-refractivity contribution in [2.24, 2.45) is 10.9 Å². The van der Waals surface area contributed by atoms with E-state index in [1.807, 2.05) is 82.3 Å². The Morgan fingerprint density at radius 3 is 2.50 bits per heavy atom. The monoisotopic (exact) mass is 693 g/mol. The highest BCUT2D eigenvalue weighted by atomic mass is 16.2. The first kappa shape index (κ1) is 34.0. The van der Waals surface area contributed by atoms with E-state index >= 15 is 0 Å². The molecule has 4 amide bonds. The van der Waals surface area contributed by atoms with Crippen LogP contribution >= 0.6 is 0 Å². The van der Waals surface area contributed by atoms with Crippen molar-refractivity contribution in [3.63, 3.8) is 0 Å². The van der Waals surface area contributed by atoms with E-state index in [1.54, 1.807) is 48.6 Å². The number of urea groups is 1. The van der Waals surface area contributed by atoms with Gasteiger partial charge >= 0.3 is 6.03 Å². The number of carbonyl (C=O) groups excluding carboxylic acids is 3. The molecule has 12 nitrogen and oxygen atoms in total. The second-order valence-electron chi connectivity index (χ2n) is 13.2. The molecule has 0 aliphatic carbocycles. The normalized spacial score (nSPS) is 15.9. The number of benzodiazepines with no additional fused rings is 1. The number of aliphatic imine (C=N–C) groups is 1. The van der Waals surface area contributed by atoms with Gasteiger partial charge in [-0.15, -0.1) is 0 Å². The Morgan fingerprint density at radius 1 is 0.962 bits per heavy atom. The van der Waals surface area contributed by atoms with Crippen molar-refractivity contribution in [1.29, 1.82) is 0 Å². The summed E-state index contributed by atoms with van der Waals surface area (Å²) in [7, 11) is 1.68. The molecule has 52 heavy (non-hydrogen) atoms. The third-order valence-corrected chi connectivity index (χ3v) is 9.49. The van der Waals surface area contributed by atoms with E-state index in [-0.39, 0.29) is 30.3 Å². The molecule has 4 heterocycles. The molecule has 2 aliphatic rings. The maximum atomic E-state index is 13.7. The van der Waals surface area contributed by atoms with Crippen LogP contribution < -0.4 is 25.8 Å². The van der Waals surface area contributed by atoms with E-state index in [4.69, 9.17) is 4.99 Å². The van der Waals surface area contributed by atoms with Crippen LogP contribution in [0.25, 0.3) is 0 Å². The van der Waals surface area contributed by atoms with E-state index in [0.29, 0.717) is 40.1 Å². The number of nitrogens with zero attached hydrogens (tertiary/aromatic N) is 6. The van der Waals surface area contributed by atoms with Gasteiger partial charge in [0.25, 0.3) is 5.91 Å². The van der Waals surface area contributed by atoms with Gasteiger partial charge in [0, 0.05) is 46.9 Å². The molecule has 2 aromatic heterocycles. The van der Waals surface area contributed by atoms with Crippen LogP contribution in [0.5, 0.6) is 0 Å². The minimum absolute atomic E-state index is 0.0235. The van der Waals surface area contributed by atoms with Gasteiger partial charge in [-0.1, -0.05) is 56.7 Å². The van der Waals surface area contributed by atoms with Crippen LogP contribution in [-0.4, -0.2) is 51.6 Å². The Labute approximate surface area is 302 Å². The summed E-state index contributed by atoms with van der Waals surface area (Å²) >= 11 is 0. The van der Waals surface area contributed by atoms with Crippen molar-refractivity contribution in [2.45, 2.75) is 46.7 Å². The van der Waals surface area contributed by atoms with Crippen molar-refractivity contribution in [3.8, 4) is 0 Å². The topological polar surface area (TPSA) is 145 Å². The highest BCUT2D eigenvalue weighted by molar-refractivity contribution is 6.20. The van der Waals surface area contributed by atoms with Crippen LogP contribution in [0.1, 0.15) is 58.6 Å². The smallest absolute Gasteiger partial charge is 0.324 e. The van der Waals surface area contributed by atoms with Gasteiger partial charge in [0.05, 0.1) is 35.5 Å². The van der Waals surface area contributed by atoms with Gasteiger partial charge in [-0.25, -0.2) is 9.78 Å². The van der Waals surface area contributed by atoms with E-state index in [1.165, 1.54) is 4.90 Å². The molecule has 0 saturated carbocycles. The van der Waals surface area contributed by atoms with Crippen LogP contribution in [0.3, 0.4) is 0 Å². The van der Waals surface area contributed by atoms with E-state index < -0.39 is 6.04 Å². The molecule has 2 atom stereocenters. The first-order valence-electron chi connectivity index (χ1n) is 17.2. The van der Waals surface area contributed by atoms with Crippen LogP contribution in [0.15, 0.2) is 96.2 Å². The molecule has 0 fully saturated rings. The largest absolute Gasteiger partial charge is 0.330 e. The summed E-state index contributed by atoms with van der Waals surface area (Å²) in [6.07, 6.45) is 4.20. The lowest BCUT2D eigenvalue weighted by Crippen LogP contribution is -2.46. The minimum atomic E-state index is -0.569. The van der Waals surface area contributed by atoms with E-state index in [9.17, 15) is 14.4 Å². The molecule has 2 unspecified atom stereocenters. The third-order valence-electron chi connectivity index (χ3n) is 9.49. The Morgan fingerprint density at radius 2 is 1.75 bits per heavy atom. The van der Waals surface area contributed by atoms with Crippen molar-refractivity contribution in [3.05, 3.63) is 125 Å². The lowest BCUT2D eigenvalue weighted by atomic mass is 9.97. The zero-order valence-electron chi connectivity index (χ0n) is 29.6. The number of carbonyl (C=O) groups is 3. The number of pyridine rings is 1. The summed E-state index contributed by atoms with van der Waals surface area (Å²) in [5, 5.41) is 9.17. The number of anilines is 6. The standard InChI is InChI=1S/C40H39N9O3/c1-6-23(2)34-38(51)45-32-18-27(14-17-31(32)35(46-34)26-10-8-7-9-11-26)37(50)43-29-15-12-24(3)33(19-29)49-22-28-20-42-39(47-36(28)48(5)40(49)52)44-30-16-13-25(4)41-21-30/h7-21,23,34H,6,22H2,1-5H3,(H,43,50)(H,45,51)(H,42,44,47). The number of aryl methyl sites for hydroxylation is 2. The summed E-state index contributed by atoms with van der Waals surface area (Å²) in [5.74, 6) is 0.316. The zero-order valence-corrected chi connectivity index (χ0v) is 29.6. The first-order valence-corrected chi connectivity index (χ1v) is 17.2. The first-order chi connectivity index (χ1) is 25.1. The number of fused-ring (bicyclic) bond motifs is 2. The Bertz CT molecular complexity index is 2220. The van der Waals surface area contributed by atoms with Gasteiger partial charge in [-0.2, -0.15) is 4.98 Å². The predicted octanol–water partition coefficient (Wildman–Crippen LogP) is 7.26. The number of aromatic nitrogens is 3. The highest BCUT2D eigenvalue weighted by Gasteiger charge is 2.32. The number of nitrogens with one attached hydrogen (secondary N) is 3. The van der Waals surface area contributed by atoms with Gasteiger partial charge in [0.15, 0.2) is 0 Å². The molecule has 0 bridgehead atoms. The molecular formula is C40H39N9O3. The summed E-state index contributed by atoms with van der Waals surface area (Å²) in [5.41, 5.74) is 7.63. The summed E-state index contributed by atoms with van der Waals surface area (Å²) < 4.78 is 0. The average molecular weight is 694 g/mol. The van der Waals surface area contributed by atoms with Crippen LogP contribution in [-0.2, 0) is 11.3 Å². The zero-order chi connectivity index (χ0) is 36.5. The summed E-state index contributed by atoms with van der Waals surface area (Å²) in [6.45, 7) is 8.13. The molecule has 0 radical (unpaired) electrons. The molecule has 12 heteroatoms. The number of rotatable bonds is 8. The molecule has 5 aromatic rings. The lowest BCUT2D eigenvalue weighted by Gasteiger charge is -2.35. The van der Waals surface area contributed by atoms with Crippen LogP contribution in [0.2, 0.25) is 0 Å². The molecule has 262 valence electrons. The minimum Gasteiger partial charge on any atom is -0.324 e. The van der Waals surface area contributed by atoms with Gasteiger partial charge in [-0.05, 0) is 67.8 Å². The molecule has 0 spiro atoms. The summed E-state index contributed by atoms with van der Waals surface area (Å²) in [6, 6.07) is 23.4. The van der Waals surface area contributed by atoms with Crippen molar-refractivity contribution >= 4 is 58.1 Å². The van der Waals surface area contributed by atoms with E-state index in [0.717, 1.165) is 40.1 Å². The highest BCUT2D eigenvalue weighted by Crippen LogP contribution is 2.34. The van der Waals surface area contributed by atoms with Gasteiger partial charge in [0.1, 0.15) is 11.9 Å². The second kappa shape index (κ2) is 14.1. The fourth-order valence-electron chi connectivity index (χ4n) is 6.31. The molecule has 7 rings (SSSR count). The maximum absolute atomic E-state index is 13.7. The Balaban J connectivity index is 1.12. The molecule has 3 N–H and O–H groups in total. The molecular weight excluding hydrogens is 655 g/mol. The number of benzene rings is 3.